The van der Waals surface area contributed by atoms with Gasteiger partial charge in [-0.1, -0.05) is 0 Å². The maximum Gasteiger partial charge on any atom is 0.337 e. The van der Waals surface area contributed by atoms with E-state index in [4.69, 9.17) is 0 Å². The first-order chi connectivity index (χ1) is 10.7. The topological polar surface area (TPSA) is 94.4 Å². The second kappa shape index (κ2) is 6.37. The van der Waals surface area contributed by atoms with Crippen molar-refractivity contribution in [3.63, 3.8) is 0 Å². The van der Waals surface area contributed by atoms with Gasteiger partial charge in [-0.25, -0.2) is 13.2 Å². The number of aryl methyl sites for hydroxylation is 1. The molecule has 1 aromatic heterocycles. The molecule has 0 aliphatic carbocycles. The monoisotopic (exact) mass is 338 g/mol. The molecule has 0 amide bonds. The van der Waals surface area contributed by atoms with Gasteiger partial charge in [0.1, 0.15) is 5.82 Å². The molecule has 9 heteroatoms. The Bertz CT molecular complexity index is 812. The van der Waals surface area contributed by atoms with Crippen LogP contribution in [0, 0.1) is 6.92 Å². The van der Waals surface area contributed by atoms with Crippen molar-refractivity contribution in [2.45, 2.75) is 13.5 Å². The number of benzene rings is 1. The van der Waals surface area contributed by atoms with Crippen LogP contribution in [0.1, 0.15) is 22.0 Å². The Kier molecular flexibility index (Phi) is 4.69. The lowest BCUT2D eigenvalue weighted by atomic mass is 10.2. The molecule has 1 heterocycles. The van der Waals surface area contributed by atoms with E-state index in [1.165, 1.54) is 23.5 Å². The van der Waals surface area contributed by atoms with Gasteiger partial charge < -0.3 is 9.30 Å². The van der Waals surface area contributed by atoms with Crippen LogP contribution in [0.4, 0.5) is 5.69 Å². The summed E-state index contributed by atoms with van der Waals surface area (Å²) in [4.78, 5) is 11.5. The molecule has 0 N–H and O–H groups in total. The van der Waals surface area contributed by atoms with Crippen molar-refractivity contribution in [1.82, 2.24) is 14.8 Å². The minimum atomic E-state index is -3.53. The smallest absolute Gasteiger partial charge is 0.337 e. The van der Waals surface area contributed by atoms with Gasteiger partial charge in [-0.05, 0) is 31.2 Å². The third-order valence-corrected chi connectivity index (χ3v) is 4.59. The Labute approximate surface area is 134 Å². The van der Waals surface area contributed by atoms with Gasteiger partial charge in [0.2, 0.25) is 10.0 Å². The van der Waals surface area contributed by atoms with Gasteiger partial charge >= 0.3 is 5.97 Å². The highest BCUT2D eigenvalue weighted by Gasteiger charge is 2.21. The zero-order valence-electron chi connectivity index (χ0n) is 13.3. The molecule has 8 nitrogen and oxygen atoms in total. The number of aromatic nitrogens is 3. The summed E-state index contributed by atoms with van der Waals surface area (Å²) >= 11 is 0. The summed E-state index contributed by atoms with van der Waals surface area (Å²) in [6.07, 6.45) is 1.12. The SMILES string of the molecule is COC(=O)c1ccc(N(Cc2nnc(C)n2C)S(C)(=O)=O)cc1. The maximum atomic E-state index is 12.1. The average Bonchev–Trinajstić information content (AvgIpc) is 2.82. The molecule has 23 heavy (non-hydrogen) atoms. The van der Waals surface area contributed by atoms with Crippen molar-refractivity contribution in [3.8, 4) is 0 Å². The standard InChI is InChI=1S/C14H18N4O4S/c1-10-15-16-13(17(10)2)9-18(23(4,20)21)12-7-5-11(6-8-12)14(19)22-3/h5-8H,9H2,1-4H3. The van der Waals surface area contributed by atoms with Gasteiger partial charge in [-0.3, -0.25) is 4.31 Å². The number of carbonyl (C=O) groups is 1. The van der Waals surface area contributed by atoms with Gasteiger partial charge in [0.05, 0.1) is 31.2 Å². The van der Waals surface area contributed by atoms with E-state index in [1.54, 1.807) is 30.7 Å². The average molecular weight is 338 g/mol. The number of nitrogens with zero attached hydrogens (tertiary/aromatic N) is 4. The highest BCUT2D eigenvalue weighted by Crippen LogP contribution is 2.21. The van der Waals surface area contributed by atoms with Crippen LogP contribution in [-0.4, -0.2) is 42.5 Å². The summed E-state index contributed by atoms with van der Waals surface area (Å²) in [7, 11) is -0.470. The summed E-state index contributed by atoms with van der Waals surface area (Å²) in [5.74, 6) is 0.728. The van der Waals surface area contributed by atoms with Crippen LogP contribution in [0.3, 0.4) is 0 Å². The molecule has 124 valence electrons. The molecule has 0 fully saturated rings. The molecular formula is C14H18N4O4S. The van der Waals surface area contributed by atoms with Gasteiger partial charge in [0.25, 0.3) is 0 Å². The molecule has 0 aliphatic rings. The van der Waals surface area contributed by atoms with E-state index in [2.05, 4.69) is 14.9 Å². The largest absolute Gasteiger partial charge is 0.465 e. The van der Waals surface area contributed by atoms with Crippen LogP contribution in [0.2, 0.25) is 0 Å². The van der Waals surface area contributed by atoms with Crippen molar-refractivity contribution in [2.24, 2.45) is 7.05 Å². The number of methoxy groups -OCH3 is 1. The number of carbonyl (C=O) groups excluding carboxylic acids is 1. The molecule has 0 saturated heterocycles. The lowest BCUT2D eigenvalue weighted by Gasteiger charge is -2.22. The maximum absolute atomic E-state index is 12.1. The fraction of sp³-hybridized carbons (Fsp3) is 0.357. The van der Waals surface area contributed by atoms with Crippen LogP contribution in [0.5, 0.6) is 0 Å². The molecule has 0 atom stereocenters. The van der Waals surface area contributed by atoms with E-state index in [9.17, 15) is 13.2 Å². The summed E-state index contributed by atoms with van der Waals surface area (Å²) in [5, 5.41) is 7.91. The Morgan fingerprint density at radius 1 is 1.26 bits per heavy atom. The van der Waals surface area contributed by atoms with Crippen LogP contribution in [0.25, 0.3) is 0 Å². The quantitative estimate of drug-likeness (QED) is 0.751. The highest BCUT2D eigenvalue weighted by molar-refractivity contribution is 7.92. The molecule has 2 aromatic rings. The van der Waals surface area contributed by atoms with Gasteiger partial charge in [0, 0.05) is 7.05 Å². The number of hydrogen-bond donors (Lipinski definition) is 0. The molecule has 0 saturated carbocycles. The highest BCUT2D eigenvalue weighted by atomic mass is 32.2. The van der Waals surface area contributed by atoms with Gasteiger partial charge in [-0.2, -0.15) is 0 Å². The van der Waals surface area contributed by atoms with Crippen molar-refractivity contribution in [1.29, 1.82) is 0 Å². The number of rotatable bonds is 5. The predicted octanol–water partition coefficient (Wildman–Crippen LogP) is 0.876. The number of ether oxygens (including phenoxy) is 1. The van der Waals surface area contributed by atoms with E-state index in [1.807, 2.05) is 0 Å². The molecule has 0 aliphatic heterocycles. The van der Waals surface area contributed by atoms with E-state index < -0.39 is 16.0 Å². The van der Waals surface area contributed by atoms with Crippen molar-refractivity contribution in [3.05, 3.63) is 41.5 Å². The second-order valence-electron chi connectivity index (χ2n) is 5.03. The molecule has 0 bridgehead atoms. The van der Waals surface area contributed by atoms with Crippen LogP contribution >= 0.6 is 0 Å². The van der Waals surface area contributed by atoms with Crippen molar-refractivity contribution in [2.75, 3.05) is 17.7 Å². The first-order valence-corrected chi connectivity index (χ1v) is 8.60. The van der Waals surface area contributed by atoms with Gasteiger partial charge in [-0.15, -0.1) is 10.2 Å². The number of esters is 1. The third kappa shape index (κ3) is 3.67. The van der Waals surface area contributed by atoms with Crippen LogP contribution in [-0.2, 0) is 28.4 Å². The Hall–Kier alpha value is -2.42. The van der Waals surface area contributed by atoms with Gasteiger partial charge in [0.15, 0.2) is 5.82 Å². The summed E-state index contributed by atoms with van der Waals surface area (Å²) < 4.78 is 31.8. The van der Waals surface area contributed by atoms with E-state index >= 15 is 0 Å². The zero-order chi connectivity index (χ0) is 17.2. The minimum absolute atomic E-state index is 0.0493. The fourth-order valence-electron chi connectivity index (χ4n) is 2.00. The molecule has 0 radical (unpaired) electrons. The van der Waals surface area contributed by atoms with E-state index in [-0.39, 0.29) is 6.54 Å². The lowest BCUT2D eigenvalue weighted by Crippen LogP contribution is -2.30. The number of sulfonamides is 1. The lowest BCUT2D eigenvalue weighted by molar-refractivity contribution is 0.0601. The van der Waals surface area contributed by atoms with E-state index in [0.717, 1.165) is 6.26 Å². The van der Waals surface area contributed by atoms with Crippen LogP contribution in [0.15, 0.2) is 24.3 Å². The molecule has 0 spiro atoms. The normalized spacial score (nSPS) is 11.3. The fourth-order valence-corrected chi connectivity index (χ4v) is 2.85. The molecule has 1 aromatic carbocycles. The van der Waals surface area contributed by atoms with Crippen molar-refractivity contribution < 1.29 is 17.9 Å². The number of anilines is 1. The zero-order valence-corrected chi connectivity index (χ0v) is 14.2. The minimum Gasteiger partial charge on any atom is -0.465 e. The molecule has 0 unspecified atom stereocenters. The first-order valence-electron chi connectivity index (χ1n) is 6.75. The number of hydrogen-bond acceptors (Lipinski definition) is 6. The third-order valence-electron chi connectivity index (χ3n) is 3.44. The summed E-state index contributed by atoms with van der Waals surface area (Å²) in [6.45, 7) is 1.83. The Balaban J connectivity index is 2.36. The van der Waals surface area contributed by atoms with Crippen molar-refractivity contribution >= 4 is 21.7 Å². The summed E-state index contributed by atoms with van der Waals surface area (Å²) in [6, 6.07) is 6.13. The molecular weight excluding hydrogens is 320 g/mol. The predicted molar refractivity (Wildman–Crippen MR) is 84.5 cm³/mol. The molecule has 2 rings (SSSR count). The van der Waals surface area contributed by atoms with E-state index in [0.29, 0.717) is 22.9 Å². The second-order valence-corrected chi connectivity index (χ2v) is 6.94. The first kappa shape index (κ1) is 16.9. The summed E-state index contributed by atoms with van der Waals surface area (Å²) in [5.41, 5.74) is 0.778. The Morgan fingerprint density at radius 2 is 1.87 bits per heavy atom. The van der Waals surface area contributed by atoms with Crippen LogP contribution < -0.4 is 4.31 Å². The Morgan fingerprint density at radius 3 is 2.30 bits per heavy atom.